The molecule has 0 unspecified atom stereocenters. The Morgan fingerprint density at radius 2 is 2.09 bits per heavy atom. The zero-order chi connectivity index (χ0) is 24.8. The van der Waals surface area contributed by atoms with Crippen LogP contribution in [0.25, 0.3) is 0 Å². The molecule has 2 N–H and O–H groups in total. The van der Waals surface area contributed by atoms with Crippen molar-refractivity contribution in [1.82, 2.24) is 20.1 Å². The van der Waals surface area contributed by atoms with Crippen molar-refractivity contribution >= 4 is 23.2 Å². The number of hydrogen-bond acceptors (Lipinski definition) is 6. The molecule has 35 heavy (non-hydrogen) atoms. The average molecular weight is 500 g/mol. The maximum Gasteiger partial charge on any atom is 0.242 e. The molecule has 2 aliphatic rings. The van der Waals surface area contributed by atoms with Gasteiger partial charge in [0.15, 0.2) is 0 Å². The van der Waals surface area contributed by atoms with E-state index in [0.29, 0.717) is 37.0 Å². The van der Waals surface area contributed by atoms with Gasteiger partial charge in [0.2, 0.25) is 5.91 Å². The summed E-state index contributed by atoms with van der Waals surface area (Å²) in [5, 5.41) is 7.44. The zero-order valence-corrected chi connectivity index (χ0v) is 21.9. The maximum atomic E-state index is 13.4. The first-order chi connectivity index (χ1) is 16.8. The summed E-state index contributed by atoms with van der Waals surface area (Å²) in [7, 11) is 0. The van der Waals surface area contributed by atoms with Gasteiger partial charge < -0.3 is 20.3 Å². The highest BCUT2D eigenvalue weighted by Gasteiger charge is 2.27. The number of anilines is 1. The van der Waals surface area contributed by atoms with Gasteiger partial charge in [0, 0.05) is 55.7 Å². The van der Waals surface area contributed by atoms with Crippen LogP contribution >= 0.6 is 11.6 Å². The smallest absolute Gasteiger partial charge is 0.242 e. The number of amides is 1. The highest BCUT2D eigenvalue weighted by atomic mass is 35.5. The van der Waals surface area contributed by atoms with Gasteiger partial charge in [0.25, 0.3) is 0 Å². The molecular formula is C27H38ClN5O2. The first-order valence-electron chi connectivity index (χ1n) is 12.6. The number of fused-ring (bicyclic) bond motifs is 1. The van der Waals surface area contributed by atoms with E-state index in [4.69, 9.17) is 16.3 Å². The summed E-state index contributed by atoms with van der Waals surface area (Å²) < 4.78 is 6.04. The molecule has 4 rings (SSSR count). The summed E-state index contributed by atoms with van der Waals surface area (Å²) in [6.07, 6.45) is 4.37. The second kappa shape index (κ2) is 11.6. The SMILES string of the molecule is CC(C)(C)NCCN(Cc1ncccc1Cl)C(=O)CNc1cccc2c1CN(CC1CC1)CCO2. The van der Waals surface area contributed by atoms with E-state index in [9.17, 15) is 4.79 Å². The molecule has 1 aliphatic carbocycles. The van der Waals surface area contributed by atoms with Crippen LogP contribution in [-0.2, 0) is 17.9 Å². The molecule has 1 amide bonds. The molecule has 190 valence electrons. The molecule has 0 saturated heterocycles. The molecule has 1 aromatic carbocycles. The molecule has 0 spiro atoms. The van der Waals surface area contributed by atoms with Gasteiger partial charge in [-0.15, -0.1) is 0 Å². The second-order valence-corrected chi connectivity index (χ2v) is 11.0. The highest BCUT2D eigenvalue weighted by molar-refractivity contribution is 6.31. The predicted octanol–water partition coefficient (Wildman–Crippen LogP) is 4.17. The van der Waals surface area contributed by atoms with E-state index in [1.807, 2.05) is 29.2 Å². The summed E-state index contributed by atoms with van der Waals surface area (Å²) in [6.45, 7) is 11.8. The number of benzene rings is 1. The van der Waals surface area contributed by atoms with Crippen molar-refractivity contribution in [2.45, 2.75) is 52.2 Å². The molecule has 0 atom stereocenters. The summed E-state index contributed by atoms with van der Waals surface area (Å²) in [5.74, 6) is 1.74. The molecule has 8 heteroatoms. The Bertz CT molecular complexity index is 1010. The third-order valence-electron chi connectivity index (χ3n) is 6.39. The van der Waals surface area contributed by atoms with Gasteiger partial charge >= 0.3 is 0 Å². The molecule has 1 aromatic heterocycles. The Morgan fingerprint density at radius 3 is 2.83 bits per heavy atom. The summed E-state index contributed by atoms with van der Waals surface area (Å²) in [4.78, 5) is 22.1. The normalized spacial score (nSPS) is 16.2. The number of carbonyl (C=O) groups is 1. The third-order valence-corrected chi connectivity index (χ3v) is 6.73. The molecule has 0 bridgehead atoms. The summed E-state index contributed by atoms with van der Waals surface area (Å²) in [5.41, 5.74) is 2.77. The fourth-order valence-electron chi connectivity index (χ4n) is 4.29. The lowest BCUT2D eigenvalue weighted by Crippen LogP contribution is -2.44. The minimum absolute atomic E-state index is 0.00408. The summed E-state index contributed by atoms with van der Waals surface area (Å²) in [6, 6.07) is 9.66. The van der Waals surface area contributed by atoms with Crippen molar-refractivity contribution in [3.63, 3.8) is 0 Å². The van der Waals surface area contributed by atoms with Crippen LogP contribution in [0.5, 0.6) is 5.75 Å². The van der Waals surface area contributed by atoms with Crippen LogP contribution in [0, 0.1) is 5.92 Å². The fourth-order valence-corrected chi connectivity index (χ4v) is 4.48. The number of nitrogens with one attached hydrogen (secondary N) is 2. The van der Waals surface area contributed by atoms with Gasteiger partial charge in [0.1, 0.15) is 12.4 Å². The Hall–Kier alpha value is -2.35. The Kier molecular flexibility index (Phi) is 8.52. The molecule has 1 fully saturated rings. The molecule has 1 aliphatic heterocycles. The lowest BCUT2D eigenvalue weighted by molar-refractivity contribution is -0.130. The van der Waals surface area contributed by atoms with Crippen molar-refractivity contribution < 1.29 is 9.53 Å². The quantitative estimate of drug-likeness (QED) is 0.511. The van der Waals surface area contributed by atoms with Crippen LogP contribution < -0.4 is 15.4 Å². The number of halogens is 1. The van der Waals surface area contributed by atoms with Crippen LogP contribution in [0.15, 0.2) is 36.5 Å². The van der Waals surface area contributed by atoms with Crippen molar-refractivity contribution in [2.24, 2.45) is 5.92 Å². The van der Waals surface area contributed by atoms with Gasteiger partial charge in [-0.1, -0.05) is 17.7 Å². The monoisotopic (exact) mass is 499 g/mol. The number of rotatable bonds is 10. The van der Waals surface area contributed by atoms with Crippen LogP contribution in [0.1, 0.15) is 44.9 Å². The third kappa shape index (κ3) is 7.82. The average Bonchev–Trinajstić information content (AvgIpc) is 3.64. The Morgan fingerprint density at radius 1 is 1.26 bits per heavy atom. The van der Waals surface area contributed by atoms with Crippen LogP contribution in [0.3, 0.4) is 0 Å². The van der Waals surface area contributed by atoms with Gasteiger partial charge in [0.05, 0.1) is 23.8 Å². The number of hydrogen-bond donors (Lipinski definition) is 2. The van der Waals surface area contributed by atoms with Crippen molar-refractivity contribution in [3.05, 3.63) is 52.8 Å². The minimum atomic E-state index is -0.0242. The summed E-state index contributed by atoms with van der Waals surface area (Å²) >= 11 is 6.35. The highest BCUT2D eigenvalue weighted by Crippen LogP contribution is 2.34. The molecule has 1 saturated carbocycles. The Balaban J connectivity index is 1.43. The first-order valence-corrected chi connectivity index (χ1v) is 13.0. The van der Waals surface area contributed by atoms with E-state index in [1.54, 1.807) is 12.3 Å². The van der Waals surface area contributed by atoms with Crippen LogP contribution in [0.4, 0.5) is 5.69 Å². The number of nitrogens with zero attached hydrogens (tertiary/aromatic N) is 3. The molecular weight excluding hydrogens is 462 g/mol. The van der Waals surface area contributed by atoms with Crippen LogP contribution in [-0.4, -0.2) is 65.6 Å². The second-order valence-electron chi connectivity index (χ2n) is 10.6. The van der Waals surface area contributed by atoms with Crippen LogP contribution in [0.2, 0.25) is 5.02 Å². The van der Waals surface area contributed by atoms with E-state index in [-0.39, 0.29) is 18.0 Å². The molecule has 7 nitrogen and oxygen atoms in total. The van der Waals surface area contributed by atoms with Crippen molar-refractivity contribution in [3.8, 4) is 5.75 Å². The zero-order valence-electron chi connectivity index (χ0n) is 21.1. The minimum Gasteiger partial charge on any atom is -0.492 e. The van der Waals surface area contributed by atoms with E-state index < -0.39 is 0 Å². The fraction of sp³-hybridized carbons (Fsp3) is 0.556. The van der Waals surface area contributed by atoms with Crippen molar-refractivity contribution in [1.29, 1.82) is 0 Å². The lowest BCUT2D eigenvalue weighted by atomic mass is 10.1. The largest absolute Gasteiger partial charge is 0.492 e. The van der Waals surface area contributed by atoms with E-state index in [1.165, 1.54) is 12.8 Å². The van der Waals surface area contributed by atoms with Gasteiger partial charge in [-0.3, -0.25) is 14.7 Å². The number of carbonyl (C=O) groups excluding carboxylic acids is 1. The van der Waals surface area contributed by atoms with E-state index in [2.05, 4.69) is 41.3 Å². The molecule has 2 heterocycles. The number of pyridine rings is 1. The number of aromatic nitrogens is 1. The molecule has 2 aromatic rings. The van der Waals surface area contributed by atoms with Crippen molar-refractivity contribution in [2.75, 3.05) is 44.6 Å². The number of ether oxygens (including phenoxy) is 1. The Labute approximate surface area is 214 Å². The molecule has 0 radical (unpaired) electrons. The van der Waals surface area contributed by atoms with Gasteiger partial charge in [-0.2, -0.15) is 0 Å². The maximum absolute atomic E-state index is 13.4. The standard InChI is InChI=1S/C27H38ClN5O2/c1-27(2,3)31-12-13-33(19-24-22(28)6-5-11-29-24)26(34)16-30-23-7-4-8-25-21(23)18-32(14-15-35-25)17-20-9-10-20/h4-8,11,20,30-31H,9-10,12-19H2,1-3H3. The predicted molar refractivity (Wildman–Crippen MR) is 141 cm³/mol. The lowest BCUT2D eigenvalue weighted by Gasteiger charge is -2.27. The van der Waals surface area contributed by atoms with E-state index in [0.717, 1.165) is 42.6 Å². The first kappa shape index (κ1) is 25.7. The van der Waals surface area contributed by atoms with Gasteiger partial charge in [-0.05, 0) is 63.8 Å². The van der Waals surface area contributed by atoms with Gasteiger partial charge in [-0.25, -0.2) is 0 Å². The van der Waals surface area contributed by atoms with E-state index >= 15 is 0 Å². The topological polar surface area (TPSA) is 69.7 Å².